The van der Waals surface area contributed by atoms with E-state index in [0.29, 0.717) is 23.7 Å². The van der Waals surface area contributed by atoms with Gasteiger partial charge >= 0.3 is 0 Å². The van der Waals surface area contributed by atoms with Crippen LogP contribution in [0.2, 0.25) is 5.02 Å². The summed E-state index contributed by atoms with van der Waals surface area (Å²) in [6.45, 7) is 2.28. The van der Waals surface area contributed by atoms with E-state index in [2.05, 4.69) is 6.92 Å². The molecule has 0 aromatic heterocycles. The van der Waals surface area contributed by atoms with Crippen LogP contribution >= 0.6 is 11.6 Å². The van der Waals surface area contributed by atoms with E-state index < -0.39 is 9.84 Å². The molecule has 1 fully saturated rings. The van der Waals surface area contributed by atoms with Crippen LogP contribution in [-0.2, 0) is 27.6 Å². The number of hydrogen-bond acceptors (Lipinski definition) is 4. The van der Waals surface area contributed by atoms with Crippen molar-refractivity contribution in [2.24, 2.45) is 0 Å². The Balaban J connectivity index is 1.73. The van der Waals surface area contributed by atoms with Gasteiger partial charge in [0.15, 0.2) is 16.4 Å². The van der Waals surface area contributed by atoms with E-state index in [9.17, 15) is 13.2 Å². The van der Waals surface area contributed by atoms with Gasteiger partial charge in [-0.1, -0.05) is 48.9 Å². The Morgan fingerprint density at radius 1 is 1.18 bits per heavy atom. The SMILES string of the molecule is CCc1ccc(CN(C(=O)COc2cccc(Cl)c2)C2CCS(=O)(=O)C2)cc1. The summed E-state index contributed by atoms with van der Waals surface area (Å²) >= 11 is 5.95. The molecular weight excluding hydrogens is 398 g/mol. The molecule has 0 bridgehead atoms. The van der Waals surface area contributed by atoms with E-state index in [4.69, 9.17) is 16.3 Å². The van der Waals surface area contributed by atoms with E-state index in [1.54, 1.807) is 29.2 Å². The Morgan fingerprint density at radius 2 is 1.89 bits per heavy atom. The Morgan fingerprint density at radius 3 is 2.50 bits per heavy atom. The van der Waals surface area contributed by atoms with Crippen molar-refractivity contribution in [2.75, 3.05) is 18.1 Å². The molecule has 5 nitrogen and oxygen atoms in total. The lowest BCUT2D eigenvalue weighted by Gasteiger charge is -2.28. The van der Waals surface area contributed by atoms with Gasteiger partial charge in [0, 0.05) is 17.6 Å². The van der Waals surface area contributed by atoms with E-state index in [1.807, 2.05) is 24.3 Å². The van der Waals surface area contributed by atoms with Crippen LogP contribution in [0, 0.1) is 0 Å². The molecule has 0 N–H and O–H groups in total. The minimum atomic E-state index is -3.10. The number of carbonyl (C=O) groups is 1. The lowest BCUT2D eigenvalue weighted by atomic mass is 10.1. The summed E-state index contributed by atoms with van der Waals surface area (Å²) in [5.74, 6) is 0.391. The number of benzene rings is 2. The summed E-state index contributed by atoms with van der Waals surface area (Å²) in [6, 6.07) is 14.6. The van der Waals surface area contributed by atoms with Gasteiger partial charge in [-0.25, -0.2) is 8.42 Å². The van der Waals surface area contributed by atoms with Crippen molar-refractivity contribution in [1.29, 1.82) is 0 Å². The third-order valence-electron chi connectivity index (χ3n) is 4.91. The molecular formula is C21H24ClNO4S. The number of halogens is 1. The summed E-state index contributed by atoms with van der Waals surface area (Å²) in [7, 11) is -3.10. The van der Waals surface area contributed by atoms with Crippen LogP contribution in [0.15, 0.2) is 48.5 Å². The first kappa shape index (κ1) is 20.7. The number of nitrogens with zero attached hydrogens (tertiary/aromatic N) is 1. The van der Waals surface area contributed by atoms with Gasteiger partial charge < -0.3 is 9.64 Å². The van der Waals surface area contributed by atoms with Crippen LogP contribution in [0.25, 0.3) is 0 Å². The first-order chi connectivity index (χ1) is 13.4. The summed E-state index contributed by atoms with van der Waals surface area (Å²) in [6.07, 6.45) is 1.40. The van der Waals surface area contributed by atoms with Gasteiger partial charge in [-0.2, -0.15) is 0 Å². The second-order valence-electron chi connectivity index (χ2n) is 6.99. The lowest BCUT2D eigenvalue weighted by molar-refractivity contribution is -0.136. The van der Waals surface area contributed by atoms with Gasteiger partial charge in [0.05, 0.1) is 11.5 Å². The topological polar surface area (TPSA) is 63.7 Å². The highest BCUT2D eigenvalue weighted by atomic mass is 35.5. The molecule has 1 heterocycles. The number of amides is 1. The standard InChI is InChI=1S/C21H24ClNO4S/c1-2-16-6-8-17(9-7-16)13-23(19-10-11-28(25,26)15-19)21(24)14-27-20-5-3-4-18(22)12-20/h3-9,12,19H,2,10-11,13-15H2,1H3. The van der Waals surface area contributed by atoms with Crippen molar-refractivity contribution in [2.45, 2.75) is 32.4 Å². The molecule has 1 amide bonds. The number of aryl methyl sites for hydroxylation is 1. The first-order valence-corrected chi connectivity index (χ1v) is 11.5. The largest absolute Gasteiger partial charge is 0.484 e. The van der Waals surface area contributed by atoms with Gasteiger partial charge in [0.2, 0.25) is 0 Å². The molecule has 2 aromatic rings. The van der Waals surface area contributed by atoms with Crippen molar-refractivity contribution in [3.8, 4) is 5.75 Å². The third kappa shape index (κ3) is 5.49. The van der Waals surface area contributed by atoms with Crippen molar-refractivity contribution < 1.29 is 17.9 Å². The second kappa shape index (κ2) is 8.97. The minimum absolute atomic E-state index is 0.00293. The summed E-state index contributed by atoms with van der Waals surface area (Å²) in [5.41, 5.74) is 2.19. The Kier molecular flexibility index (Phi) is 6.62. The highest BCUT2D eigenvalue weighted by molar-refractivity contribution is 7.91. The van der Waals surface area contributed by atoms with E-state index in [1.165, 1.54) is 5.56 Å². The van der Waals surface area contributed by atoms with Crippen molar-refractivity contribution in [3.05, 3.63) is 64.7 Å². The van der Waals surface area contributed by atoms with Crippen molar-refractivity contribution >= 4 is 27.3 Å². The zero-order valence-electron chi connectivity index (χ0n) is 15.8. The number of hydrogen-bond donors (Lipinski definition) is 0. The van der Waals surface area contributed by atoms with Gasteiger partial charge in [0.25, 0.3) is 5.91 Å². The Labute approximate surface area is 171 Å². The van der Waals surface area contributed by atoms with Crippen molar-refractivity contribution in [3.63, 3.8) is 0 Å². The quantitative estimate of drug-likeness (QED) is 0.686. The third-order valence-corrected chi connectivity index (χ3v) is 6.90. The molecule has 0 radical (unpaired) electrons. The lowest BCUT2D eigenvalue weighted by Crippen LogP contribution is -2.43. The summed E-state index contributed by atoms with van der Waals surface area (Å²) in [5, 5.41) is 0.528. The predicted molar refractivity (Wildman–Crippen MR) is 110 cm³/mol. The predicted octanol–water partition coefficient (Wildman–Crippen LogP) is 3.50. The molecule has 2 aromatic carbocycles. The molecule has 7 heteroatoms. The maximum atomic E-state index is 12.9. The monoisotopic (exact) mass is 421 g/mol. The fourth-order valence-electron chi connectivity index (χ4n) is 3.30. The number of ether oxygens (including phenoxy) is 1. The van der Waals surface area contributed by atoms with Gasteiger partial charge in [-0.3, -0.25) is 4.79 Å². The Bertz CT molecular complexity index is 928. The van der Waals surface area contributed by atoms with Crippen molar-refractivity contribution in [1.82, 2.24) is 4.90 Å². The first-order valence-electron chi connectivity index (χ1n) is 9.32. The zero-order valence-corrected chi connectivity index (χ0v) is 17.4. The molecule has 0 saturated carbocycles. The smallest absolute Gasteiger partial charge is 0.261 e. The molecule has 1 saturated heterocycles. The van der Waals surface area contributed by atoms with Gasteiger partial charge in [-0.15, -0.1) is 0 Å². The number of rotatable bonds is 7. The zero-order chi connectivity index (χ0) is 20.1. The molecule has 3 rings (SSSR count). The molecule has 150 valence electrons. The van der Waals surface area contributed by atoms with E-state index in [0.717, 1.165) is 12.0 Å². The van der Waals surface area contributed by atoms with Gasteiger partial charge in [0.1, 0.15) is 5.75 Å². The molecule has 1 unspecified atom stereocenters. The molecule has 1 aliphatic rings. The average molecular weight is 422 g/mol. The number of sulfone groups is 1. The molecule has 0 spiro atoms. The summed E-state index contributed by atoms with van der Waals surface area (Å²) < 4.78 is 29.5. The molecule has 1 atom stereocenters. The highest BCUT2D eigenvalue weighted by Gasteiger charge is 2.34. The number of carbonyl (C=O) groups excluding carboxylic acids is 1. The van der Waals surface area contributed by atoms with Crippen LogP contribution in [0.4, 0.5) is 0 Å². The van der Waals surface area contributed by atoms with Crippen LogP contribution in [-0.4, -0.2) is 43.4 Å². The summed E-state index contributed by atoms with van der Waals surface area (Å²) in [4.78, 5) is 14.5. The Hall–Kier alpha value is -2.05. The minimum Gasteiger partial charge on any atom is -0.484 e. The highest BCUT2D eigenvalue weighted by Crippen LogP contribution is 2.22. The second-order valence-corrected chi connectivity index (χ2v) is 9.66. The molecule has 1 aliphatic heterocycles. The van der Waals surface area contributed by atoms with E-state index >= 15 is 0 Å². The van der Waals surface area contributed by atoms with E-state index in [-0.39, 0.29) is 30.1 Å². The molecule has 0 aliphatic carbocycles. The molecule has 28 heavy (non-hydrogen) atoms. The van der Waals surface area contributed by atoms with Crippen LogP contribution in [0.1, 0.15) is 24.5 Å². The fraction of sp³-hybridized carbons (Fsp3) is 0.381. The normalized spacial score (nSPS) is 18.0. The maximum absolute atomic E-state index is 12.9. The van der Waals surface area contributed by atoms with Crippen LogP contribution < -0.4 is 4.74 Å². The average Bonchev–Trinajstić information content (AvgIpc) is 3.04. The fourth-order valence-corrected chi connectivity index (χ4v) is 5.21. The van der Waals surface area contributed by atoms with Crippen LogP contribution in [0.5, 0.6) is 5.75 Å². The van der Waals surface area contributed by atoms with Gasteiger partial charge in [-0.05, 0) is 42.2 Å². The van der Waals surface area contributed by atoms with Crippen LogP contribution in [0.3, 0.4) is 0 Å². The maximum Gasteiger partial charge on any atom is 0.261 e.